The fourth-order valence-corrected chi connectivity index (χ4v) is 2.14. The fraction of sp³-hybridized carbons (Fsp3) is 0.600. The van der Waals surface area contributed by atoms with Crippen molar-refractivity contribution in [2.75, 3.05) is 0 Å². The van der Waals surface area contributed by atoms with Gasteiger partial charge in [-0.15, -0.1) is 5.54 Å². The molecule has 0 saturated carbocycles. The number of halogens is 1. The molecule has 0 aliphatic heterocycles. The summed E-state index contributed by atoms with van der Waals surface area (Å²) in [4.78, 5) is 0. The highest BCUT2D eigenvalue weighted by Gasteiger charge is 2.06. The Hall–Kier alpha value is -0.263. The van der Waals surface area contributed by atoms with Gasteiger partial charge >= 0.3 is 0 Å². The van der Waals surface area contributed by atoms with Crippen LogP contribution in [0.1, 0.15) is 39.0 Å². The van der Waals surface area contributed by atoms with E-state index in [0.29, 0.717) is 0 Å². The summed E-state index contributed by atoms with van der Waals surface area (Å²) in [6, 6.07) is 0. The van der Waals surface area contributed by atoms with Crippen LogP contribution in [0.15, 0.2) is 22.7 Å². The summed E-state index contributed by atoms with van der Waals surface area (Å²) in [7, 11) is -1.22. The smallest absolute Gasteiger partial charge is 0.127 e. The zero-order valence-electron chi connectivity index (χ0n) is 11.6. The third-order valence-corrected chi connectivity index (χ3v) is 3.65. The molecule has 0 aromatic rings. The topological polar surface area (TPSA) is 0 Å². The largest absolute Gasteiger partial charge is 0.129 e. The van der Waals surface area contributed by atoms with Crippen molar-refractivity contribution in [1.29, 1.82) is 0 Å². The Balaban J connectivity index is 3.90. The molecular formula is C15H25BrSi. The van der Waals surface area contributed by atoms with Gasteiger partial charge in [0.05, 0.1) is 0 Å². The lowest BCUT2D eigenvalue weighted by Gasteiger charge is -2.02. The molecule has 96 valence electrons. The highest BCUT2D eigenvalue weighted by molar-refractivity contribution is 9.11. The lowest BCUT2D eigenvalue weighted by atomic mass is 10.1. The van der Waals surface area contributed by atoms with Crippen molar-refractivity contribution < 1.29 is 0 Å². The first kappa shape index (κ1) is 16.7. The first-order valence-corrected chi connectivity index (χ1v) is 10.8. The summed E-state index contributed by atoms with van der Waals surface area (Å²) in [5, 5.41) is 0. The second kappa shape index (κ2) is 9.73. The summed E-state index contributed by atoms with van der Waals surface area (Å²) in [6.07, 6.45) is 12.7. The average Bonchev–Trinajstić information content (AvgIpc) is 2.23. The standard InChI is InChI=1S/C15H25BrSi/c1-5-6-7-8-9-12-15(16)13-10-11-14-17(2,3)4/h10,12-13H,5-9H2,1-4H3/b13-10+,15-12-. The maximum Gasteiger partial charge on any atom is 0.129 e. The summed E-state index contributed by atoms with van der Waals surface area (Å²) in [5.41, 5.74) is 3.32. The van der Waals surface area contributed by atoms with Crippen molar-refractivity contribution in [2.45, 2.75) is 58.7 Å². The number of unbranched alkanes of at least 4 members (excludes halogenated alkanes) is 4. The third kappa shape index (κ3) is 13.7. The first-order chi connectivity index (χ1) is 7.95. The molecule has 0 heterocycles. The zero-order chi connectivity index (χ0) is 13.1. The second-order valence-electron chi connectivity index (χ2n) is 5.29. The molecular weight excluding hydrogens is 288 g/mol. The molecule has 0 bridgehead atoms. The van der Waals surface area contributed by atoms with E-state index in [-0.39, 0.29) is 0 Å². The first-order valence-electron chi connectivity index (χ1n) is 6.50. The molecule has 0 N–H and O–H groups in total. The predicted molar refractivity (Wildman–Crippen MR) is 86.0 cm³/mol. The minimum Gasteiger partial charge on any atom is -0.127 e. The second-order valence-corrected chi connectivity index (χ2v) is 11.0. The summed E-state index contributed by atoms with van der Waals surface area (Å²) in [6.45, 7) is 9.01. The normalized spacial score (nSPS) is 12.6. The minimum absolute atomic E-state index is 1.15. The Bertz CT molecular complexity index is 310. The van der Waals surface area contributed by atoms with E-state index in [1.54, 1.807) is 0 Å². The molecule has 0 amide bonds. The van der Waals surface area contributed by atoms with E-state index in [4.69, 9.17) is 0 Å². The molecule has 0 aromatic heterocycles. The SMILES string of the molecule is CCCCCC/C=C(Br)/C=C/C#C[Si](C)(C)C. The maximum atomic E-state index is 3.55. The van der Waals surface area contributed by atoms with Gasteiger partial charge in [0.25, 0.3) is 0 Å². The van der Waals surface area contributed by atoms with Crippen molar-refractivity contribution in [2.24, 2.45) is 0 Å². The fourth-order valence-electron chi connectivity index (χ4n) is 1.26. The molecule has 0 spiro atoms. The number of rotatable bonds is 6. The number of hydrogen-bond donors (Lipinski definition) is 0. The Kier molecular flexibility index (Phi) is 9.58. The summed E-state index contributed by atoms with van der Waals surface area (Å²) < 4.78 is 1.15. The van der Waals surface area contributed by atoms with Gasteiger partial charge in [-0.3, -0.25) is 0 Å². The molecule has 0 radical (unpaired) electrons. The molecule has 0 rings (SSSR count). The lowest BCUT2D eigenvalue weighted by molar-refractivity contribution is 0.674. The predicted octanol–water partition coefficient (Wildman–Crippen LogP) is 5.67. The van der Waals surface area contributed by atoms with Crippen LogP contribution in [0.2, 0.25) is 19.6 Å². The quantitative estimate of drug-likeness (QED) is 0.256. The molecule has 0 aromatic carbocycles. The molecule has 0 nitrogen and oxygen atoms in total. The Morgan fingerprint density at radius 3 is 2.47 bits per heavy atom. The third-order valence-electron chi connectivity index (χ3n) is 2.17. The highest BCUT2D eigenvalue weighted by atomic mass is 79.9. The Morgan fingerprint density at radius 1 is 1.18 bits per heavy atom. The molecule has 0 unspecified atom stereocenters. The van der Waals surface area contributed by atoms with Crippen molar-refractivity contribution in [3.05, 3.63) is 22.7 Å². The van der Waals surface area contributed by atoms with Gasteiger partial charge < -0.3 is 0 Å². The van der Waals surface area contributed by atoms with Crippen molar-refractivity contribution in [3.63, 3.8) is 0 Å². The van der Waals surface area contributed by atoms with Gasteiger partial charge in [0.15, 0.2) is 0 Å². The molecule has 0 aliphatic carbocycles. The number of hydrogen-bond acceptors (Lipinski definition) is 0. The van der Waals surface area contributed by atoms with Crippen LogP contribution >= 0.6 is 15.9 Å². The average molecular weight is 313 g/mol. The van der Waals surface area contributed by atoms with Crippen LogP contribution in [0.4, 0.5) is 0 Å². The monoisotopic (exact) mass is 312 g/mol. The van der Waals surface area contributed by atoms with Crippen LogP contribution in [0.5, 0.6) is 0 Å². The van der Waals surface area contributed by atoms with Crippen molar-refractivity contribution >= 4 is 24.0 Å². The zero-order valence-corrected chi connectivity index (χ0v) is 14.2. The molecule has 2 heteroatoms. The van der Waals surface area contributed by atoms with Gasteiger partial charge in [0.1, 0.15) is 8.07 Å². The van der Waals surface area contributed by atoms with Gasteiger partial charge in [0, 0.05) is 4.48 Å². The molecule has 0 aliphatic rings. The van der Waals surface area contributed by atoms with E-state index in [2.05, 4.69) is 60.0 Å². The van der Waals surface area contributed by atoms with Crippen LogP contribution in [-0.4, -0.2) is 8.07 Å². The highest BCUT2D eigenvalue weighted by Crippen LogP contribution is 2.11. The van der Waals surface area contributed by atoms with Gasteiger partial charge in [-0.05, 0) is 25.0 Å². The minimum atomic E-state index is -1.22. The molecule has 17 heavy (non-hydrogen) atoms. The van der Waals surface area contributed by atoms with E-state index >= 15 is 0 Å². The van der Waals surface area contributed by atoms with Gasteiger partial charge in [-0.2, -0.15) is 0 Å². The molecule has 0 atom stereocenters. The Labute approximate surface area is 117 Å². The van der Waals surface area contributed by atoms with Crippen LogP contribution in [-0.2, 0) is 0 Å². The number of allylic oxidation sites excluding steroid dienone is 4. The van der Waals surface area contributed by atoms with Crippen molar-refractivity contribution in [3.8, 4) is 11.5 Å². The van der Waals surface area contributed by atoms with Gasteiger partial charge in [-0.1, -0.05) is 73.8 Å². The van der Waals surface area contributed by atoms with Crippen LogP contribution < -0.4 is 0 Å². The summed E-state index contributed by atoms with van der Waals surface area (Å²) in [5.74, 6) is 3.13. The molecule has 0 fully saturated rings. The Morgan fingerprint density at radius 2 is 1.88 bits per heavy atom. The maximum absolute atomic E-state index is 3.55. The van der Waals surface area contributed by atoms with Crippen molar-refractivity contribution in [1.82, 2.24) is 0 Å². The van der Waals surface area contributed by atoms with E-state index in [9.17, 15) is 0 Å². The van der Waals surface area contributed by atoms with E-state index in [1.807, 2.05) is 12.2 Å². The lowest BCUT2D eigenvalue weighted by Crippen LogP contribution is -2.16. The molecule has 0 saturated heterocycles. The van der Waals surface area contributed by atoms with Gasteiger partial charge in [0.2, 0.25) is 0 Å². The van der Waals surface area contributed by atoms with E-state index in [1.165, 1.54) is 25.7 Å². The van der Waals surface area contributed by atoms with E-state index in [0.717, 1.165) is 10.9 Å². The van der Waals surface area contributed by atoms with Crippen LogP contribution in [0.25, 0.3) is 0 Å². The van der Waals surface area contributed by atoms with Crippen LogP contribution in [0.3, 0.4) is 0 Å². The van der Waals surface area contributed by atoms with Crippen LogP contribution in [0, 0.1) is 11.5 Å². The summed E-state index contributed by atoms with van der Waals surface area (Å²) >= 11 is 3.55. The van der Waals surface area contributed by atoms with Gasteiger partial charge in [-0.25, -0.2) is 0 Å². The van der Waals surface area contributed by atoms with E-state index < -0.39 is 8.07 Å².